The maximum atomic E-state index is 13.2. The lowest BCUT2D eigenvalue weighted by Crippen LogP contribution is -2.32. The molecule has 2 heterocycles. The fraction of sp³-hybridized carbons (Fsp3) is 0.500. The van der Waals surface area contributed by atoms with E-state index in [-0.39, 0.29) is 30.0 Å². The number of amides is 1. The molecule has 0 aliphatic carbocycles. The largest absolute Gasteiger partial charge is 0.391 e. The lowest BCUT2D eigenvalue weighted by atomic mass is 10.0. The van der Waals surface area contributed by atoms with Gasteiger partial charge in [-0.05, 0) is 36.5 Å². The molecule has 0 saturated carbocycles. The quantitative estimate of drug-likeness (QED) is 0.902. The standard InChI is InChI=1S/C18H23FN4O2/c1-12(2)7-8-22-11-16(20-21-22)18(25)23-10-15(24)9-17(23)13-3-5-14(19)6-4-13/h3-6,11-12,15,17,24H,7-10H2,1-2H3/t15-,17-/m1/s1. The predicted molar refractivity (Wildman–Crippen MR) is 90.3 cm³/mol. The summed E-state index contributed by atoms with van der Waals surface area (Å²) in [5, 5.41) is 18.0. The molecule has 0 unspecified atom stereocenters. The highest BCUT2D eigenvalue weighted by Crippen LogP contribution is 2.33. The van der Waals surface area contributed by atoms with Crippen molar-refractivity contribution in [2.24, 2.45) is 5.92 Å². The Morgan fingerprint density at radius 1 is 1.36 bits per heavy atom. The molecule has 6 nitrogen and oxygen atoms in total. The van der Waals surface area contributed by atoms with Gasteiger partial charge in [0.25, 0.3) is 5.91 Å². The molecule has 1 amide bonds. The fourth-order valence-electron chi connectivity index (χ4n) is 3.08. The number of aliphatic hydroxyl groups is 1. The Balaban J connectivity index is 1.76. The number of aliphatic hydroxyl groups excluding tert-OH is 1. The molecule has 1 aromatic carbocycles. The van der Waals surface area contributed by atoms with E-state index in [1.165, 1.54) is 12.1 Å². The number of hydrogen-bond donors (Lipinski definition) is 1. The second-order valence-electron chi connectivity index (χ2n) is 6.96. The minimum atomic E-state index is -0.602. The van der Waals surface area contributed by atoms with E-state index in [2.05, 4.69) is 24.2 Å². The first-order valence-electron chi connectivity index (χ1n) is 8.58. The number of hydrogen-bond acceptors (Lipinski definition) is 4. The molecule has 0 radical (unpaired) electrons. The molecular weight excluding hydrogens is 323 g/mol. The summed E-state index contributed by atoms with van der Waals surface area (Å²) in [6.07, 6.45) is 2.43. The van der Waals surface area contributed by atoms with Crippen molar-refractivity contribution < 1.29 is 14.3 Å². The molecule has 0 bridgehead atoms. The predicted octanol–water partition coefficient (Wildman–Crippen LogP) is 2.41. The van der Waals surface area contributed by atoms with E-state index in [1.807, 2.05) is 0 Å². The molecule has 2 aromatic rings. The van der Waals surface area contributed by atoms with E-state index in [1.54, 1.807) is 27.9 Å². The van der Waals surface area contributed by atoms with E-state index >= 15 is 0 Å². The van der Waals surface area contributed by atoms with Gasteiger partial charge < -0.3 is 10.0 Å². The van der Waals surface area contributed by atoms with Crippen LogP contribution in [0.3, 0.4) is 0 Å². The Morgan fingerprint density at radius 3 is 2.76 bits per heavy atom. The van der Waals surface area contributed by atoms with Crippen molar-refractivity contribution in [3.8, 4) is 0 Å². The average molecular weight is 346 g/mol. The first kappa shape index (κ1) is 17.5. The van der Waals surface area contributed by atoms with Gasteiger partial charge in [0.2, 0.25) is 0 Å². The van der Waals surface area contributed by atoms with E-state index in [0.29, 0.717) is 18.9 Å². The van der Waals surface area contributed by atoms with Crippen LogP contribution in [0.25, 0.3) is 0 Å². The van der Waals surface area contributed by atoms with Gasteiger partial charge in [0, 0.05) is 13.1 Å². The zero-order valence-electron chi connectivity index (χ0n) is 14.5. The highest BCUT2D eigenvalue weighted by atomic mass is 19.1. The normalized spacial score (nSPS) is 20.4. The summed E-state index contributed by atoms with van der Waals surface area (Å²) in [7, 11) is 0. The van der Waals surface area contributed by atoms with Crippen LogP contribution in [0.4, 0.5) is 4.39 Å². The third-order valence-electron chi connectivity index (χ3n) is 4.49. The Bertz CT molecular complexity index is 729. The van der Waals surface area contributed by atoms with Gasteiger partial charge in [0.05, 0.1) is 18.3 Å². The maximum Gasteiger partial charge on any atom is 0.276 e. The van der Waals surface area contributed by atoms with Crippen molar-refractivity contribution in [3.05, 3.63) is 47.5 Å². The third-order valence-corrected chi connectivity index (χ3v) is 4.49. The Hall–Kier alpha value is -2.28. The molecule has 7 heteroatoms. The summed E-state index contributed by atoms with van der Waals surface area (Å²) in [5.74, 6) is -0.0464. The summed E-state index contributed by atoms with van der Waals surface area (Å²) in [6.45, 7) is 5.20. The summed E-state index contributed by atoms with van der Waals surface area (Å²) < 4.78 is 14.8. The van der Waals surface area contributed by atoms with Crippen molar-refractivity contribution in [2.75, 3.05) is 6.54 Å². The van der Waals surface area contributed by atoms with E-state index in [4.69, 9.17) is 0 Å². The number of carbonyl (C=O) groups is 1. The number of carbonyl (C=O) groups excluding carboxylic acids is 1. The second kappa shape index (κ2) is 7.31. The first-order valence-corrected chi connectivity index (χ1v) is 8.58. The molecule has 3 rings (SSSR count). The SMILES string of the molecule is CC(C)CCn1cc(C(=O)N2C[C@H](O)C[C@@H]2c2ccc(F)cc2)nn1. The van der Waals surface area contributed by atoms with E-state index in [0.717, 1.165) is 12.0 Å². The van der Waals surface area contributed by atoms with Gasteiger partial charge >= 0.3 is 0 Å². The lowest BCUT2D eigenvalue weighted by Gasteiger charge is -2.23. The smallest absolute Gasteiger partial charge is 0.276 e. The summed E-state index contributed by atoms with van der Waals surface area (Å²) in [4.78, 5) is 14.4. The Kier molecular flexibility index (Phi) is 5.13. The highest BCUT2D eigenvalue weighted by molar-refractivity contribution is 5.92. The van der Waals surface area contributed by atoms with Crippen molar-refractivity contribution in [1.82, 2.24) is 19.9 Å². The van der Waals surface area contributed by atoms with Crippen LogP contribution in [-0.2, 0) is 6.54 Å². The molecule has 25 heavy (non-hydrogen) atoms. The molecule has 1 N–H and O–H groups in total. The highest BCUT2D eigenvalue weighted by Gasteiger charge is 2.36. The number of likely N-dealkylation sites (tertiary alicyclic amines) is 1. The molecule has 1 fully saturated rings. The van der Waals surface area contributed by atoms with Gasteiger partial charge in [0.1, 0.15) is 5.82 Å². The second-order valence-corrected chi connectivity index (χ2v) is 6.96. The minimum Gasteiger partial charge on any atom is -0.391 e. The Labute approximate surface area is 146 Å². The van der Waals surface area contributed by atoms with Crippen LogP contribution in [0.5, 0.6) is 0 Å². The van der Waals surface area contributed by atoms with E-state index in [9.17, 15) is 14.3 Å². The van der Waals surface area contributed by atoms with Crippen LogP contribution in [0.2, 0.25) is 0 Å². The molecule has 134 valence electrons. The van der Waals surface area contributed by atoms with Crippen LogP contribution >= 0.6 is 0 Å². The first-order chi connectivity index (χ1) is 11.9. The number of benzene rings is 1. The van der Waals surface area contributed by atoms with Crippen LogP contribution in [0, 0.1) is 11.7 Å². The molecule has 1 aliphatic heterocycles. The number of aromatic nitrogens is 3. The number of rotatable bonds is 5. The van der Waals surface area contributed by atoms with Gasteiger partial charge in [-0.15, -0.1) is 5.10 Å². The van der Waals surface area contributed by atoms with Gasteiger partial charge in [-0.2, -0.15) is 0 Å². The summed E-state index contributed by atoms with van der Waals surface area (Å²) in [6, 6.07) is 5.75. The zero-order chi connectivity index (χ0) is 18.0. The number of β-amino-alcohol motifs (C(OH)–C–C–N with tert-alkyl or cyclic N) is 1. The van der Waals surface area contributed by atoms with Gasteiger partial charge in [0.15, 0.2) is 5.69 Å². The third kappa shape index (κ3) is 4.04. The van der Waals surface area contributed by atoms with Crippen LogP contribution in [-0.4, -0.2) is 43.6 Å². The van der Waals surface area contributed by atoms with Gasteiger partial charge in [-0.3, -0.25) is 9.48 Å². The maximum absolute atomic E-state index is 13.2. The molecule has 2 atom stereocenters. The number of aryl methyl sites for hydroxylation is 1. The lowest BCUT2D eigenvalue weighted by molar-refractivity contribution is 0.0709. The molecule has 1 saturated heterocycles. The van der Waals surface area contributed by atoms with Crippen molar-refractivity contribution in [1.29, 1.82) is 0 Å². The van der Waals surface area contributed by atoms with Crippen molar-refractivity contribution in [3.63, 3.8) is 0 Å². The minimum absolute atomic E-state index is 0.236. The molecule has 1 aliphatic rings. The molecular formula is C18H23FN4O2. The molecule has 0 spiro atoms. The van der Waals surface area contributed by atoms with Crippen LogP contribution < -0.4 is 0 Å². The summed E-state index contributed by atoms with van der Waals surface area (Å²) in [5.41, 5.74) is 1.07. The monoisotopic (exact) mass is 346 g/mol. The van der Waals surface area contributed by atoms with Gasteiger partial charge in [-0.25, -0.2) is 4.39 Å². The number of halogens is 1. The zero-order valence-corrected chi connectivity index (χ0v) is 14.5. The topological polar surface area (TPSA) is 71.2 Å². The fourth-order valence-corrected chi connectivity index (χ4v) is 3.08. The van der Waals surface area contributed by atoms with Crippen LogP contribution in [0.1, 0.15) is 48.8 Å². The summed E-state index contributed by atoms with van der Waals surface area (Å²) >= 11 is 0. The number of nitrogens with zero attached hydrogens (tertiary/aromatic N) is 4. The van der Waals surface area contributed by atoms with E-state index < -0.39 is 6.10 Å². The van der Waals surface area contributed by atoms with Crippen LogP contribution in [0.15, 0.2) is 30.5 Å². The average Bonchev–Trinajstić information content (AvgIpc) is 3.20. The van der Waals surface area contributed by atoms with Gasteiger partial charge in [-0.1, -0.05) is 31.2 Å². The Morgan fingerprint density at radius 2 is 2.08 bits per heavy atom. The van der Waals surface area contributed by atoms with Crippen molar-refractivity contribution in [2.45, 2.75) is 45.4 Å². The molecule has 1 aromatic heterocycles. The van der Waals surface area contributed by atoms with Crippen molar-refractivity contribution >= 4 is 5.91 Å².